The Bertz CT molecular complexity index is 800. The van der Waals surface area contributed by atoms with Crippen molar-refractivity contribution in [3.05, 3.63) is 61.7 Å². The number of carbonyl (C=O) groups excluding carboxylic acids is 1. The summed E-state index contributed by atoms with van der Waals surface area (Å²) >= 11 is 0. The number of anilines is 1. The van der Waals surface area contributed by atoms with Gasteiger partial charge in [0, 0.05) is 16.8 Å². The Morgan fingerprint density at radius 3 is 1.61 bits per heavy atom. The molecule has 2 N–H and O–H groups in total. The third kappa shape index (κ3) is 2.56. The van der Waals surface area contributed by atoms with Gasteiger partial charge in [0.2, 0.25) is 0 Å². The maximum Gasteiger partial charge on any atom is 0.195 e. The number of carbonyl (C=O) groups is 1. The van der Waals surface area contributed by atoms with Gasteiger partial charge >= 0.3 is 0 Å². The van der Waals surface area contributed by atoms with Crippen LogP contribution >= 0.6 is 0 Å². The predicted molar refractivity (Wildman–Crippen MR) is 98.6 cm³/mol. The van der Waals surface area contributed by atoms with Crippen LogP contribution in [0.1, 0.15) is 60.4 Å². The summed E-state index contributed by atoms with van der Waals surface area (Å²) in [4.78, 5) is 13.3. The summed E-state index contributed by atoms with van der Waals surface area (Å²) in [5, 5.41) is 0. The molecule has 0 saturated carbocycles. The third-order valence-corrected chi connectivity index (χ3v) is 5.68. The maximum atomic E-state index is 13.3. The van der Waals surface area contributed by atoms with E-state index in [4.69, 9.17) is 5.73 Å². The molecule has 2 nitrogen and oxygen atoms in total. The second-order valence-electron chi connectivity index (χ2n) is 6.73. The van der Waals surface area contributed by atoms with Crippen LogP contribution in [0, 0.1) is 55.4 Å². The Labute approximate surface area is 139 Å². The van der Waals surface area contributed by atoms with Gasteiger partial charge in [-0.2, -0.15) is 0 Å². The van der Waals surface area contributed by atoms with Gasteiger partial charge in [-0.25, -0.2) is 0 Å². The molecule has 122 valence electrons. The van der Waals surface area contributed by atoms with Gasteiger partial charge < -0.3 is 5.73 Å². The first-order valence-electron chi connectivity index (χ1n) is 8.07. The average Bonchev–Trinajstić information content (AvgIpc) is 2.52. The van der Waals surface area contributed by atoms with Crippen LogP contribution in [0.5, 0.6) is 0 Å². The molecule has 0 radical (unpaired) electrons. The molecule has 0 amide bonds. The largest absolute Gasteiger partial charge is 0.398 e. The Balaban J connectivity index is 2.78. The molecule has 2 heteroatoms. The van der Waals surface area contributed by atoms with Crippen LogP contribution in [-0.4, -0.2) is 5.78 Å². The van der Waals surface area contributed by atoms with E-state index in [2.05, 4.69) is 20.8 Å². The number of ketones is 1. The van der Waals surface area contributed by atoms with Crippen LogP contribution in [0.2, 0.25) is 0 Å². The molecule has 2 aromatic rings. The minimum atomic E-state index is 0.0369. The second kappa shape index (κ2) is 5.84. The number of nitrogens with two attached hydrogens (primary N) is 1. The summed E-state index contributed by atoms with van der Waals surface area (Å²) in [6.07, 6.45) is 0. The minimum Gasteiger partial charge on any atom is -0.398 e. The zero-order valence-corrected chi connectivity index (χ0v) is 15.6. The molecule has 0 aliphatic rings. The van der Waals surface area contributed by atoms with Gasteiger partial charge in [0.25, 0.3) is 0 Å². The number of hydrogen-bond acceptors (Lipinski definition) is 2. The van der Waals surface area contributed by atoms with E-state index in [1.807, 2.05) is 40.7 Å². The van der Waals surface area contributed by atoms with Crippen molar-refractivity contribution in [2.24, 2.45) is 0 Å². The van der Waals surface area contributed by atoms with Crippen LogP contribution in [0.25, 0.3) is 0 Å². The van der Waals surface area contributed by atoms with E-state index in [0.29, 0.717) is 11.3 Å². The molecule has 0 spiro atoms. The smallest absolute Gasteiger partial charge is 0.195 e. The van der Waals surface area contributed by atoms with Gasteiger partial charge in [0.1, 0.15) is 0 Å². The van der Waals surface area contributed by atoms with Crippen LogP contribution in [0.15, 0.2) is 6.07 Å². The van der Waals surface area contributed by atoms with E-state index in [1.54, 1.807) is 0 Å². The number of nitrogen functional groups attached to an aromatic ring is 1. The maximum absolute atomic E-state index is 13.3. The molecule has 0 unspecified atom stereocenters. The Hall–Kier alpha value is -2.09. The van der Waals surface area contributed by atoms with Crippen LogP contribution in [0.3, 0.4) is 0 Å². The summed E-state index contributed by atoms with van der Waals surface area (Å²) in [5.41, 5.74) is 17.3. The molecule has 0 heterocycles. The van der Waals surface area contributed by atoms with Gasteiger partial charge in [0.05, 0.1) is 0 Å². The molecule has 23 heavy (non-hydrogen) atoms. The lowest BCUT2D eigenvalue weighted by Crippen LogP contribution is -2.14. The predicted octanol–water partition coefficient (Wildman–Crippen LogP) is 4.97. The van der Waals surface area contributed by atoms with E-state index in [1.165, 1.54) is 16.7 Å². The van der Waals surface area contributed by atoms with Crippen molar-refractivity contribution in [3.63, 3.8) is 0 Å². The fourth-order valence-electron chi connectivity index (χ4n) is 3.27. The number of aryl methyl sites for hydroxylation is 1. The van der Waals surface area contributed by atoms with Crippen molar-refractivity contribution in [3.8, 4) is 0 Å². The fraction of sp³-hybridized carbons (Fsp3) is 0.381. The molecule has 0 aromatic heterocycles. The van der Waals surface area contributed by atoms with Gasteiger partial charge in [-0.3, -0.25) is 4.79 Å². The standard InChI is InChI=1S/C21H27NO/c1-10-9-18(20(22)17(8)11(10)2)21(23)19-15(6)13(4)12(3)14(5)16(19)7/h9H,22H2,1-8H3. The SMILES string of the molecule is Cc1cc(C(=O)c2c(C)c(C)c(C)c(C)c2C)c(N)c(C)c1C. The van der Waals surface area contributed by atoms with E-state index < -0.39 is 0 Å². The van der Waals surface area contributed by atoms with Gasteiger partial charge in [-0.1, -0.05) is 0 Å². The second-order valence-corrected chi connectivity index (χ2v) is 6.73. The molecular formula is C21H27NO. The van der Waals surface area contributed by atoms with Gasteiger partial charge in [-0.15, -0.1) is 0 Å². The lowest BCUT2D eigenvalue weighted by molar-refractivity contribution is 0.103. The van der Waals surface area contributed by atoms with E-state index >= 15 is 0 Å². The lowest BCUT2D eigenvalue weighted by atomic mass is 9.84. The highest BCUT2D eigenvalue weighted by molar-refractivity contribution is 6.14. The van der Waals surface area contributed by atoms with E-state index in [-0.39, 0.29) is 5.78 Å². The van der Waals surface area contributed by atoms with Crippen LogP contribution in [0.4, 0.5) is 5.69 Å². The Morgan fingerprint density at radius 2 is 1.13 bits per heavy atom. The Morgan fingerprint density at radius 1 is 0.696 bits per heavy atom. The van der Waals surface area contributed by atoms with E-state index in [0.717, 1.165) is 33.4 Å². The fourth-order valence-corrected chi connectivity index (χ4v) is 3.27. The molecule has 0 fully saturated rings. The first kappa shape index (κ1) is 17.3. The van der Waals surface area contributed by atoms with E-state index in [9.17, 15) is 4.79 Å². The highest BCUT2D eigenvalue weighted by Crippen LogP contribution is 2.31. The van der Waals surface area contributed by atoms with Crippen molar-refractivity contribution in [2.45, 2.75) is 55.4 Å². The first-order chi connectivity index (χ1) is 10.6. The quantitative estimate of drug-likeness (QED) is 0.629. The molecule has 0 atom stereocenters. The zero-order valence-electron chi connectivity index (χ0n) is 15.6. The topological polar surface area (TPSA) is 43.1 Å². The van der Waals surface area contributed by atoms with Gasteiger partial charge in [-0.05, 0) is 106 Å². The zero-order chi connectivity index (χ0) is 17.6. The van der Waals surface area contributed by atoms with Crippen molar-refractivity contribution in [1.82, 2.24) is 0 Å². The molecular weight excluding hydrogens is 282 g/mol. The first-order valence-corrected chi connectivity index (χ1v) is 8.07. The van der Waals surface area contributed by atoms with Crippen LogP contribution in [-0.2, 0) is 0 Å². The molecule has 2 aromatic carbocycles. The number of hydrogen-bond donors (Lipinski definition) is 1. The third-order valence-electron chi connectivity index (χ3n) is 5.68. The van der Waals surface area contributed by atoms with Crippen LogP contribution < -0.4 is 5.73 Å². The highest BCUT2D eigenvalue weighted by Gasteiger charge is 2.22. The lowest BCUT2D eigenvalue weighted by Gasteiger charge is -2.19. The number of benzene rings is 2. The molecule has 0 saturated heterocycles. The minimum absolute atomic E-state index is 0.0369. The van der Waals surface area contributed by atoms with Crippen molar-refractivity contribution >= 4 is 11.5 Å². The van der Waals surface area contributed by atoms with Gasteiger partial charge in [0.15, 0.2) is 5.78 Å². The molecule has 0 aliphatic heterocycles. The normalized spacial score (nSPS) is 11.0. The summed E-state index contributed by atoms with van der Waals surface area (Å²) in [7, 11) is 0. The monoisotopic (exact) mass is 309 g/mol. The molecule has 2 rings (SSSR count). The van der Waals surface area contributed by atoms with Crippen molar-refractivity contribution < 1.29 is 4.79 Å². The average molecular weight is 309 g/mol. The molecule has 0 aliphatic carbocycles. The Kier molecular flexibility index (Phi) is 4.39. The molecule has 0 bridgehead atoms. The van der Waals surface area contributed by atoms with Crippen molar-refractivity contribution in [2.75, 3.05) is 5.73 Å². The summed E-state index contributed by atoms with van der Waals surface area (Å²) in [6, 6.07) is 1.93. The summed E-state index contributed by atoms with van der Waals surface area (Å²) in [6.45, 7) is 16.4. The summed E-state index contributed by atoms with van der Waals surface area (Å²) < 4.78 is 0. The summed E-state index contributed by atoms with van der Waals surface area (Å²) in [5.74, 6) is 0.0369. The van der Waals surface area contributed by atoms with Crippen molar-refractivity contribution in [1.29, 1.82) is 0 Å². The number of rotatable bonds is 2. The highest BCUT2D eigenvalue weighted by atomic mass is 16.1.